The van der Waals surface area contributed by atoms with Crippen LogP contribution >= 0.6 is 0 Å². The van der Waals surface area contributed by atoms with Crippen molar-refractivity contribution in [3.63, 3.8) is 0 Å². The van der Waals surface area contributed by atoms with E-state index in [0.717, 1.165) is 12.8 Å². The minimum absolute atomic E-state index is 0. The van der Waals surface area contributed by atoms with Crippen LogP contribution in [0.25, 0.3) is 0 Å². The van der Waals surface area contributed by atoms with Crippen LogP contribution < -0.4 is 0 Å². The van der Waals surface area contributed by atoms with Gasteiger partial charge in [0.25, 0.3) is 0 Å². The monoisotopic (exact) mass is 400 g/mol. The molecule has 2 aliphatic carbocycles. The summed E-state index contributed by atoms with van der Waals surface area (Å²) >= 11 is 0. The van der Waals surface area contributed by atoms with E-state index in [-0.39, 0.29) is 21.1 Å². The van der Waals surface area contributed by atoms with Gasteiger partial charge in [-0.3, -0.25) is 12.2 Å². The molecule has 0 aromatic rings. The minimum atomic E-state index is 0. The van der Waals surface area contributed by atoms with Gasteiger partial charge in [0.05, 0.1) is 0 Å². The summed E-state index contributed by atoms with van der Waals surface area (Å²) in [7, 11) is 0. The van der Waals surface area contributed by atoms with Crippen molar-refractivity contribution in [2.45, 2.75) is 40.5 Å². The fourth-order valence-electron chi connectivity index (χ4n) is 1.64. The molecule has 0 bridgehead atoms. The molecule has 0 heterocycles. The second-order valence-electron chi connectivity index (χ2n) is 4.79. The van der Waals surface area contributed by atoms with E-state index in [1.165, 1.54) is 11.1 Å². The third-order valence-corrected chi connectivity index (χ3v) is 2.69. The molecule has 2 aliphatic rings. The maximum absolute atomic E-state index is 3.26. The molecule has 0 aromatic carbocycles. The van der Waals surface area contributed by atoms with Crippen LogP contribution in [0.3, 0.4) is 0 Å². The van der Waals surface area contributed by atoms with Crippen molar-refractivity contribution in [3.05, 3.63) is 47.6 Å². The first kappa shape index (κ1) is 16.6. The van der Waals surface area contributed by atoms with Crippen molar-refractivity contribution >= 4 is 0 Å². The summed E-state index contributed by atoms with van der Waals surface area (Å²) in [4.78, 5) is 0. The van der Waals surface area contributed by atoms with Gasteiger partial charge in [-0.05, 0) is 0 Å². The zero-order chi connectivity index (χ0) is 12.0. The first-order chi connectivity index (χ1) is 7.61. The SMILES string of the molecule is CC(C)C1=[C-]CC=C1.CC(C)C1=[C-]CC=C1.[WH2]. The quantitative estimate of drug-likeness (QED) is 0.612. The van der Waals surface area contributed by atoms with E-state index in [1.54, 1.807) is 0 Å². The second-order valence-corrected chi connectivity index (χ2v) is 4.79. The van der Waals surface area contributed by atoms with Gasteiger partial charge in [-0.1, -0.05) is 39.5 Å². The van der Waals surface area contributed by atoms with Gasteiger partial charge in [-0.2, -0.15) is 12.2 Å². The standard InChI is InChI=1S/2C8H11.W.2H/c2*1-7(2)8-5-3-4-6-8;;;/h2*3,5,7H,4H2,1-2H3;;;/q2*-1;;;. The van der Waals surface area contributed by atoms with Crippen LogP contribution in [0.4, 0.5) is 0 Å². The zero-order valence-electron chi connectivity index (χ0n) is 11.4. The Hall–Kier alpha value is -0.352. The van der Waals surface area contributed by atoms with E-state index in [2.05, 4.69) is 64.2 Å². The molecule has 96 valence electrons. The molecule has 0 aliphatic heterocycles. The first-order valence-corrected chi connectivity index (χ1v) is 6.15. The normalized spacial score (nSPS) is 16.6. The Balaban J connectivity index is 0.000000284. The molecule has 0 radical (unpaired) electrons. The van der Waals surface area contributed by atoms with Gasteiger partial charge in [-0.15, -0.1) is 12.8 Å². The van der Waals surface area contributed by atoms with E-state index < -0.39 is 0 Å². The van der Waals surface area contributed by atoms with Crippen LogP contribution in [0, 0.1) is 24.0 Å². The summed E-state index contributed by atoms with van der Waals surface area (Å²) in [5, 5.41) is 0. The molecule has 0 saturated heterocycles. The van der Waals surface area contributed by atoms with Gasteiger partial charge in [-0.25, -0.2) is 23.3 Å². The molecule has 0 fully saturated rings. The van der Waals surface area contributed by atoms with Crippen molar-refractivity contribution < 1.29 is 21.1 Å². The summed E-state index contributed by atoms with van der Waals surface area (Å²) in [5.41, 5.74) is 2.73. The summed E-state index contributed by atoms with van der Waals surface area (Å²) in [6.07, 6.45) is 17.2. The average molecular weight is 400 g/mol. The van der Waals surface area contributed by atoms with E-state index in [0.29, 0.717) is 11.8 Å². The molecular weight excluding hydrogens is 376 g/mol. The maximum atomic E-state index is 3.26. The van der Waals surface area contributed by atoms with Crippen molar-refractivity contribution in [2.75, 3.05) is 0 Å². The van der Waals surface area contributed by atoms with Crippen molar-refractivity contribution in [2.24, 2.45) is 11.8 Å². The Bertz CT molecular complexity index is 293. The van der Waals surface area contributed by atoms with E-state index >= 15 is 0 Å². The molecule has 1 heteroatoms. The predicted octanol–water partition coefficient (Wildman–Crippen LogP) is 4.13. The third-order valence-electron chi connectivity index (χ3n) is 2.69. The van der Waals surface area contributed by atoms with Gasteiger partial charge in [0.1, 0.15) is 0 Å². The number of rotatable bonds is 2. The Labute approximate surface area is 121 Å². The van der Waals surface area contributed by atoms with Gasteiger partial charge >= 0.3 is 21.1 Å². The van der Waals surface area contributed by atoms with Crippen LogP contribution in [-0.4, -0.2) is 0 Å². The molecule has 2 rings (SSSR count). The van der Waals surface area contributed by atoms with Gasteiger partial charge in [0, 0.05) is 0 Å². The van der Waals surface area contributed by atoms with Crippen LogP contribution in [0.1, 0.15) is 40.5 Å². The summed E-state index contributed by atoms with van der Waals surface area (Å²) in [6.45, 7) is 8.77. The van der Waals surface area contributed by atoms with Crippen molar-refractivity contribution in [1.82, 2.24) is 0 Å². The fraction of sp³-hybridized carbons (Fsp3) is 0.500. The van der Waals surface area contributed by atoms with E-state index in [1.807, 2.05) is 0 Å². The second kappa shape index (κ2) is 8.70. The molecular formula is C16H24W-2. The van der Waals surface area contributed by atoms with Gasteiger partial charge < -0.3 is 0 Å². The molecule has 0 amide bonds. The van der Waals surface area contributed by atoms with E-state index in [9.17, 15) is 0 Å². The molecule has 0 nitrogen and oxygen atoms in total. The number of hydrogen-bond donors (Lipinski definition) is 0. The number of hydrogen-bond acceptors (Lipinski definition) is 0. The Morgan fingerprint density at radius 3 is 1.29 bits per heavy atom. The Morgan fingerprint density at radius 1 is 0.824 bits per heavy atom. The fourth-order valence-corrected chi connectivity index (χ4v) is 1.64. The Kier molecular flexibility index (Phi) is 8.52. The van der Waals surface area contributed by atoms with Crippen molar-refractivity contribution in [1.29, 1.82) is 0 Å². The Morgan fingerprint density at radius 2 is 1.18 bits per heavy atom. The van der Waals surface area contributed by atoms with Crippen LogP contribution in [0.2, 0.25) is 0 Å². The molecule has 0 spiro atoms. The van der Waals surface area contributed by atoms with Gasteiger partial charge in [0.15, 0.2) is 0 Å². The molecule has 0 saturated carbocycles. The van der Waals surface area contributed by atoms with Gasteiger partial charge in [0.2, 0.25) is 0 Å². The predicted molar refractivity (Wildman–Crippen MR) is 73.5 cm³/mol. The number of allylic oxidation sites excluding steroid dienone is 8. The molecule has 17 heavy (non-hydrogen) atoms. The summed E-state index contributed by atoms with van der Waals surface area (Å²) in [5.74, 6) is 1.32. The summed E-state index contributed by atoms with van der Waals surface area (Å²) in [6, 6.07) is 0. The molecule has 0 unspecified atom stereocenters. The first-order valence-electron chi connectivity index (χ1n) is 6.15. The summed E-state index contributed by atoms with van der Waals surface area (Å²) < 4.78 is 0. The van der Waals surface area contributed by atoms with Crippen molar-refractivity contribution in [3.8, 4) is 0 Å². The topological polar surface area (TPSA) is 0 Å². The van der Waals surface area contributed by atoms with Crippen LogP contribution in [0.15, 0.2) is 35.5 Å². The molecule has 0 N–H and O–H groups in total. The van der Waals surface area contributed by atoms with E-state index in [4.69, 9.17) is 0 Å². The van der Waals surface area contributed by atoms with Crippen LogP contribution in [-0.2, 0) is 21.1 Å². The third kappa shape index (κ3) is 6.22. The molecule has 0 aromatic heterocycles. The average Bonchev–Trinajstić information content (AvgIpc) is 2.93. The van der Waals surface area contributed by atoms with Crippen LogP contribution in [0.5, 0.6) is 0 Å². The molecule has 0 atom stereocenters. The zero-order valence-corrected chi connectivity index (χ0v) is 15.0.